The molecule has 4 aromatic rings. The SMILES string of the molecule is Cn1nc(-c2cccc(C(F)(F)F)c2)c2scc(-c3ccncc3)c2c1=O.O=C(O)C(F)(F)F. The van der Waals surface area contributed by atoms with Crippen LogP contribution in [0.15, 0.2) is 59.0 Å². The number of aliphatic carboxylic acids is 1. The summed E-state index contributed by atoms with van der Waals surface area (Å²) in [6.07, 6.45) is -6.29. The van der Waals surface area contributed by atoms with Gasteiger partial charge in [-0.05, 0) is 29.8 Å². The van der Waals surface area contributed by atoms with Crippen molar-refractivity contribution in [2.45, 2.75) is 12.4 Å². The lowest BCUT2D eigenvalue weighted by atomic mass is 10.0. The van der Waals surface area contributed by atoms with E-state index in [2.05, 4.69) is 10.1 Å². The first-order valence-electron chi connectivity index (χ1n) is 9.17. The molecule has 1 aromatic carbocycles. The van der Waals surface area contributed by atoms with Crippen LogP contribution in [0.25, 0.3) is 32.5 Å². The number of halogens is 6. The topological polar surface area (TPSA) is 85.1 Å². The summed E-state index contributed by atoms with van der Waals surface area (Å²) in [5.74, 6) is -2.76. The normalized spacial score (nSPS) is 11.7. The lowest BCUT2D eigenvalue weighted by Gasteiger charge is -2.10. The van der Waals surface area contributed by atoms with Gasteiger partial charge in [0.15, 0.2) is 0 Å². The maximum absolute atomic E-state index is 13.1. The van der Waals surface area contributed by atoms with Gasteiger partial charge in [0.25, 0.3) is 5.56 Å². The van der Waals surface area contributed by atoms with Gasteiger partial charge < -0.3 is 5.11 Å². The van der Waals surface area contributed by atoms with Crippen LogP contribution in [0.2, 0.25) is 0 Å². The van der Waals surface area contributed by atoms with E-state index in [0.717, 1.165) is 22.4 Å². The summed E-state index contributed by atoms with van der Waals surface area (Å²) in [5.41, 5.74) is 1.14. The van der Waals surface area contributed by atoms with Gasteiger partial charge >= 0.3 is 18.3 Å². The highest BCUT2D eigenvalue weighted by Crippen LogP contribution is 2.38. The standard InChI is InChI=1S/C19H12F3N3OS.C2HF3O2/c1-25-18(26)15-14(11-5-7-23-8-6-11)10-27-17(15)16(24-25)12-3-2-4-13(9-12)19(20,21)22;3-2(4,5)1(6)7/h2-10H,1H3;(H,6,7). The molecule has 178 valence electrons. The fourth-order valence-electron chi connectivity index (χ4n) is 2.92. The second-order valence-electron chi connectivity index (χ2n) is 6.75. The minimum atomic E-state index is -5.08. The smallest absolute Gasteiger partial charge is 0.475 e. The number of alkyl halides is 6. The van der Waals surface area contributed by atoms with Gasteiger partial charge in [-0.3, -0.25) is 9.78 Å². The highest BCUT2D eigenvalue weighted by Gasteiger charge is 2.38. The summed E-state index contributed by atoms with van der Waals surface area (Å²) in [6.45, 7) is 0. The van der Waals surface area contributed by atoms with Crippen LogP contribution in [-0.4, -0.2) is 32.0 Å². The van der Waals surface area contributed by atoms with Crippen LogP contribution in [0.4, 0.5) is 26.3 Å². The molecule has 3 aromatic heterocycles. The summed E-state index contributed by atoms with van der Waals surface area (Å²) in [6, 6.07) is 8.54. The second kappa shape index (κ2) is 9.25. The Morgan fingerprint density at radius 2 is 1.65 bits per heavy atom. The first-order valence-corrected chi connectivity index (χ1v) is 10.1. The van der Waals surface area contributed by atoms with Crippen LogP contribution in [-0.2, 0) is 18.0 Å². The van der Waals surface area contributed by atoms with Gasteiger partial charge in [0.05, 0.1) is 15.6 Å². The van der Waals surface area contributed by atoms with Crippen molar-refractivity contribution in [3.8, 4) is 22.4 Å². The minimum Gasteiger partial charge on any atom is -0.475 e. The lowest BCUT2D eigenvalue weighted by Crippen LogP contribution is -2.21. The number of rotatable bonds is 2. The predicted molar refractivity (Wildman–Crippen MR) is 112 cm³/mol. The molecule has 4 rings (SSSR count). The van der Waals surface area contributed by atoms with E-state index in [1.54, 1.807) is 30.6 Å². The third-order valence-corrected chi connectivity index (χ3v) is 5.45. The van der Waals surface area contributed by atoms with Gasteiger partial charge in [-0.25, -0.2) is 9.48 Å². The Hall–Kier alpha value is -3.74. The van der Waals surface area contributed by atoms with E-state index in [1.165, 1.54) is 24.5 Å². The lowest BCUT2D eigenvalue weighted by molar-refractivity contribution is -0.192. The molecule has 0 saturated carbocycles. The summed E-state index contributed by atoms with van der Waals surface area (Å²) in [5, 5.41) is 13.6. The fraction of sp³-hybridized carbons (Fsp3) is 0.143. The summed E-state index contributed by atoms with van der Waals surface area (Å²) >= 11 is 1.29. The molecule has 0 radical (unpaired) electrons. The van der Waals surface area contributed by atoms with E-state index in [4.69, 9.17) is 9.90 Å². The van der Waals surface area contributed by atoms with Crippen molar-refractivity contribution in [1.29, 1.82) is 0 Å². The highest BCUT2D eigenvalue weighted by molar-refractivity contribution is 7.18. The van der Waals surface area contributed by atoms with Crippen LogP contribution in [0.5, 0.6) is 0 Å². The van der Waals surface area contributed by atoms with Gasteiger partial charge in [0.1, 0.15) is 5.69 Å². The number of pyridine rings is 1. The molecule has 13 heteroatoms. The average Bonchev–Trinajstić information content (AvgIpc) is 3.21. The molecule has 0 bridgehead atoms. The highest BCUT2D eigenvalue weighted by atomic mass is 32.1. The monoisotopic (exact) mass is 501 g/mol. The molecule has 0 unspecified atom stereocenters. The maximum Gasteiger partial charge on any atom is 0.490 e. The number of benzene rings is 1. The Labute approximate surface area is 190 Å². The van der Waals surface area contributed by atoms with E-state index < -0.39 is 23.9 Å². The van der Waals surface area contributed by atoms with Crippen LogP contribution in [0.1, 0.15) is 5.56 Å². The molecule has 0 saturated heterocycles. The number of aromatic nitrogens is 3. The molecule has 1 N–H and O–H groups in total. The van der Waals surface area contributed by atoms with Crippen molar-refractivity contribution >= 4 is 27.4 Å². The zero-order chi connectivity index (χ0) is 25.3. The van der Waals surface area contributed by atoms with Gasteiger partial charge in [0.2, 0.25) is 0 Å². The number of nitrogens with zero attached hydrogens (tertiary/aromatic N) is 3. The second-order valence-corrected chi connectivity index (χ2v) is 7.63. The molecular weight excluding hydrogens is 488 g/mol. The molecule has 6 nitrogen and oxygen atoms in total. The van der Waals surface area contributed by atoms with Crippen LogP contribution < -0.4 is 5.56 Å². The molecule has 0 aliphatic heterocycles. The molecule has 0 aliphatic rings. The van der Waals surface area contributed by atoms with E-state index in [-0.39, 0.29) is 5.56 Å². The molecule has 0 atom stereocenters. The zero-order valence-electron chi connectivity index (χ0n) is 17.0. The fourth-order valence-corrected chi connectivity index (χ4v) is 4.00. The van der Waals surface area contributed by atoms with Crippen molar-refractivity contribution in [1.82, 2.24) is 14.8 Å². The molecule has 3 heterocycles. The van der Waals surface area contributed by atoms with E-state index in [1.807, 2.05) is 5.38 Å². The van der Waals surface area contributed by atoms with Crippen molar-refractivity contribution < 1.29 is 36.2 Å². The number of aryl methyl sites for hydroxylation is 1. The summed E-state index contributed by atoms with van der Waals surface area (Å²) in [4.78, 5) is 25.6. The number of carbonyl (C=O) groups is 1. The van der Waals surface area contributed by atoms with Crippen LogP contribution in [0, 0.1) is 0 Å². The first kappa shape index (κ1) is 24.9. The predicted octanol–water partition coefficient (Wildman–Crippen LogP) is 5.38. The number of hydrogen-bond acceptors (Lipinski definition) is 5. The van der Waals surface area contributed by atoms with Crippen molar-refractivity contribution in [2.75, 3.05) is 0 Å². The van der Waals surface area contributed by atoms with Gasteiger partial charge in [-0.15, -0.1) is 11.3 Å². The molecule has 0 amide bonds. The molecule has 0 spiro atoms. The summed E-state index contributed by atoms with van der Waals surface area (Å²) in [7, 11) is 1.49. The number of hydrogen-bond donors (Lipinski definition) is 1. The van der Waals surface area contributed by atoms with E-state index in [0.29, 0.717) is 26.9 Å². The maximum atomic E-state index is 13.1. The average molecular weight is 501 g/mol. The number of carboxylic acid groups (broad SMARTS) is 1. The quantitative estimate of drug-likeness (QED) is 0.373. The number of fused-ring (bicyclic) bond motifs is 1. The Balaban J connectivity index is 0.000000406. The van der Waals surface area contributed by atoms with Crippen molar-refractivity contribution in [3.63, 3.8) is 0 Å². The molecule has 34 heavy (non-hydrogen) atoms. The third-order valence-electron chi connectivity index (χ3n) is 4.46. The molecule has 0 aliphatic carbocycles. The largest absolute Gasteiger partial charge is 0.490 e. The van der Waals surface area contributed by atoms with Crippen LogP contribution >= 0.6 is 11.3 Å². The summed E-state index contributed by atoms with van der Waals surface area (Å²) < 4.78 is 72.7. The Morgan fingerprint density at radius 3 is 2.21 bits per heavy atom. The zero-order valence-corrected chi connectivity index (χ0v) is 17.8. The van der Waals surface area contributed by atoms with Crippen LogP contribution in [0.3, 0.4) is 0 Å². The van der Waals surface area contributed by atoms with E-state index in [9.17, 15) is 31.1 Å². The molecule has 0 fully saturated rings. The first-order chi connectivity index (χ1) is 15.8. The Bertz CT molecular complexity index is 1400. The third kappa shape index (κ3) is 5.25. The van der Waals surface area contributed by atoms with Crippen molar-refractivity contribution in [2.24, 2.45) is 7.05 Å². The number of carboxylic acids is 1. The van der Waals surface area contributed by atoms with E-state index >= 15 is 0 Å². The van der Waals surface area contributed by atoms with Crippen molar-refractivity contribution in [3.05, 3.63) is 70.1 Å². The Morgan fingerprint density at radius 1 is 1.03 bits per heavy atom. The van der Waals surface area contributed by atoms with Gasteiger partial charge in [0, 0.05) is 35.9 Å². The number of thiophene rings is 1. The van der Waals surface area contributed by atoms with Gasteiger partial charge in [-0.2, -0.15) is 31.4 Å². The Kier molecular flexibility index (Phi) is 6.77. The van der Waals surface area contributed by atoms with Gasteiger partial charge in [-0.1, -0.05) is 12.1 Å². The molecular formula is C21H13F6N3O3S. The minimum absolute atomic E-state index is 0.297.